The van der Waals surface area contributed by atoms with Crippen molar-refractivity contribution in [2.45, 2.75) is 28.9 Å². The molecule has 1 atom stereocenters. The van der Waals surface area contributed by atoms with E-state index < -0.39 is 16.1 Å². The average molecular weight is 625 g/mol. The van der Waals surface area contributed by atoms with Gasteiger partial charge < -0.3 is 10.2 Å². The Labute approximate surface area is 258 Å². The second-order valence-corrected chi connectivity index (χ2v) is 13.5. The van der Waals surface area contributed by atoms with Gasteiger partial charge in [-0.1, -0.05) is 72.4 Å². The molecule has 2 amide bonds. The summed E-state index contributed by atoms with van der Waals surface area (Å²) in [6.07, 6.45) is 1.26. The van der Waals surface area contributed by atoms with Gasteiger partial charge in [-0.25, -0.2) is 8.42 Å². The maximum atomic E-state index is 14.0. The van der Waals surface area contributed by atoms with Crippen LogP contribution in [0.4, 0.5) is 11.4 Å². The molecule has 4 aromatic carbocycles. The first-order valence-corrected chi connectivity index (χ1v) is 16.7. The van der Waals surface area contributed by atoms with Crippen LogP contribution in [0.25, 0.3) is 16.5 Å². The number of nitrogens with one attached hydrogen (secondary N) is 1. The van der Waals surface area contributed by atoms with Gasteiger partial charge in [-0.05, 0) is 60.0 Å². The largest absolute Gasteiger partial charge is 0.323 e. The number of anilines is 2. The summed E-state index contributed by atoms with van der Waals surface area (Å²) in [5.41, 5.74) is 1.99. The monoisotopic (exact) mass is 624 g/mol. The number of rotatable bonds is 7. The molecule has 12 heteroatoms. The summed E-state index contributed by atoms with van der Waals surface area (Å²) in [4.78, 5) is 27.4. The van der Waals surface area contributed by atoms with E-state index in [1.54, 1.807) is 30.3 Å². The number of carbonyl (C=O) groups is 2. The molecule has 44 heavy (non-hydrogen) atoms. The topological polar surface area (TPSA) is 118 Å². The van der Waals surface area contributed by atoms with Crippen molar-refractivity contribution in [2.75, 3.05) is 29.1 Å². The fourth-order valence-electron chi connectivity index (χ4n) is 5.82. The first-order valence-electron chi connectivity index (χ1n) is 14.2. The highest BCUT2D eigenvalue weighted by Gasteiger charge is 2.40. The number of thioether (sulfide) groups is 1. The average Bonchev–Trinajstić information content (AvgIpc) is 3.71. The smallest absolute Gasteiger partial charge is 0.244 e. The Kier molecular flexibility index (Phi) is 7.40. The molecule has 2 aliphatic rings. The third-order valence-corrected chi connectivity index (χ3v) is 10.7. The van der Waals surface area contributed by atoms with Gasteiger partial charge in [0.05, 0.1) is 28.1 Å². The lowest BCUT2D eigenvalue weighted by Gasteiger charge is -2.29. The second-order valence-electron chi connectivity index (χ2n) is 10.6. The lowest BCUT2D eigenvalue weighted by atomic mass is 10.1. The zero-order chi connectivity index (χ0) is 30.3. The van der Waals surface area contributed by atoms with Crippen LogP contribution in [0.1, 0.15) is 24.7 Å². The summed E-state index contributed by atoms with van der Waals surface area (Å²) in [7, 11) is -3.84. The molecular formula is C32H28N6O4S2. The Morgan fingerprint density at radius 2 is 1.66 bits per heavy atom. The van der Waals surface area contributed by atoms with Crippen molar-refractivity contribution in [3.63, 3.8) is 0 Å². The Morgan fingerprint density at radius 1 is 0.909 bits per heavy atom. The summed E-state index contributed by atoms with van der Waals surface area (Å²) in [5.74, 6) is 0.000344. The Morgan fingerprint density at radius 3 is 2.50 bits per heavy atom. The third kappa shape index (κ3) is 5.14. The number of sulfonamides is 1. The number of benzene rings is 4. The number of fused-ring (bicyclic) bond motifs is 2. The molecule has 5 aromatic rings. The van der Waals surface area contributed by atoms with Crippen molar-refractivity contribution in [1.82, 2.24) is 19.1 Å². The third-order valence-electron chi connectivity index (χ3n) is 7.90. The van der Waals surface area contributed by atoms with E-state index in [-0.39, 0.29) is 29.0 Å². The van der Waals surface area contributed by atoms with E-state index >= 15 is 0 Å². The van der Waals surface area contributed by atoms with Gasteiger partial charge in [0.2, 0.25) is 21.8 Å². The Balaban J connectivity index is 1.20. The molecule has 0 bridgehead atoms. The predicted octanol–water partition coefficient (Wildman–Crippen LogP) is 5.02. The first kappa shape index (κ1) is 28.3. The predicted molar refractivity (Wildman–Crippen MR) is 169 cm³/mol. The quantitative estimate of drug-likeness (QED) is 0.253. The van der Waals surface area contributed by atoms with Crippen LogP contribution in [0, 0.1) is 0 Å². The molecule has 0 spiro atoms. The molecule has 0 saturated carbocycles. The Bertz CT molecular complexity index is 2000. The zero-order valence-electron chi connectivity index (χ0n) is 23.5. The maximum Gasteiger partial charge on any atom is 0.244 e. The zero-order valence-corrected chi connectivity index (χ0v) is 25.2. The summed E-state index contributed by atoms with van der Waals surface area (Å²) in [5, 5.41) is 14.1. The van der Waals surface area contributed by atoms with Gasteiger partial charge in [0.25, 0.3) is 0 Å². The number of hydrogen-bond acceptors (Lipinski definition) is 7. The van der Waals surface area contributed by atoms with Crippen LogP contribution in [-0.2, 0) is 19.6 Å². The van der Waals surface area contributed by atoms with Crippen molar-refractivity contribution < 1.29 is 18.0 Å². The van der Waals surface area contributed by atoms with Crippen LogP contribution in [0.5, 0.6) is 0 Å². The number of nitrogens with zero attached hydrogens (tertiary/aromatic N) is 5. The van der Waals surface area contributed by atoms with Crippen molar-refractivity contribution in [1.29, 1.82) is 0 Å². The van der Waals surface area contributed by atoms with Gasteiger partial charge in [-0.15, -0.1) is 10.2 Å². The molecule has 1 unspecified atom stereocenters. The fraction of sp³-hybridized carbons (Fsp3) is 0.188. The summed E-state index contributed by atoms with van der Waals surface area (Å²) < 4.78 is 31.4. The number of aromatic nitrogens is 3. The van der Waals surface area contributed by atoms with Gasteiger partial charge >= 0.3 is 0 Å². The van der Waals surface area contributed by atoms with E-state index in [2.05, 4.69) is 15.5 Å². The van der Waals surface area contributed by atoms with Crippen LogP contribution >= 0.6 is 11.8 Å². The molecule has 0 aliphatic carbocycles. The van der Waals surface area contributed by atoms with Crippen LogP contribution in [0.2, 0.25) is 0 Å². The minimum Gasteiger partial charge on any atom is -0.323 e. The first-order chi connectivity index (χ1) is 21.4. The number of amides is 2. The number of carbonyl (C=O) groups excluding carboxylic acids is 2. The molecule has 1 N–H and O–H groups in total. The van der Waals surface area contributed by atoms with Crippen LogP contribution in [-0.4, -0.2) is 58.1 Å². The maximum absolute atomic E-state index is 14.0. The van der Waals surface area contributed by atoms with E-state index in [4.69, 9.17) is 0 Å². The van der Waals surface area contributed by atoms with Gasteiger partial charge in [0.15, 0.2) is 11.0 Å². The normalized spacial score (nSPS) is 17.0. The minimum atomic E-state index is -3.84. The van der Waals surface area contributed by atoms with Crippen molar-refractivity contribution in [3.05, 3.63) is 103 Å². The van der Waals surface area contributed by atoms with Crippen molar-refractivity contribution in [3.8, 4) is 5.69 Å². The van der Waals surface area contributed by atoms with E-state index in [0.717, 1.165) is 16.5 Å². The molecule has 1 saturated heterocycles. The van der Waals surface area contributed by atoms with Crippen LogP contribution in [0.15, 0.2) is 107 Å². The molecule has 222 valence electrons. The van der Waals surface area contributed by atoms with E-state index in [1.807, 2.05) is 71.3 Å². The van der Waals surface area contributed by atoms with Gasteiger partial charge in [-0.3, -0.25) is 14.2 Å². The molecular weight excluding hydrogens is 597 g/mol. The molecule has 7 rings (SSSR count). The van der Waals surface area contributed by atoms with E-state index in [9.17, 15) is 18.0 Å². The fourth-order valence-corrected chi connectivity index (χ4v) is 8.35. The molecule has 10 nitrogen and oxygen atoms in total. The number of hydrogen-bond donors (Lipinski definition) is 1. The second kappa shape index (κ2) is 11.5. The highest BCUT2D eigenvalue weighted by molar-refractivity contribution is 7.99. The molecule has 1 fully saturated rings. The molecule has 2 aliphatic heterocycles. The summed E-state index contributed by atoms with van der Waals surface area (Å²) >= 11 is 1.20. The summed E-state index contributed by atoms with van der Waals surface area (Å²) in [6.45, 7) is 0.287. The molecule has 0 radical (unpaired) electrons. The van der Waals surface area contributed by atoms with E-state index in [1.165, 1.54) is 21.0 Å². The lowest BCUT2D eigenvalue weighted by Crippen LogP contribution is -2.43. The molecule has 1 aromatic heterocycles. The Hall–Kier alpha value is -4.52. The molecule has 3 heterocycles. The number of para-hydroxylation sites is 3. The van der Waals surface area contributed by atoms with Crippen LogP contribution < -0.4 is 10.2 Å². The van der Waals surface area contributed by atoms with Crippen molar-refractivity contribution in [2.24, 2.45) is 0 Å². The minimum absolute atomic E-state index is 0.0103. The lowest BCUT2D eigenvalue weighted by molar-refractivity contribution is -0.120. The van der Waals surface area contributed by atoms with Gasteiger partial charge in [-0.2, -0.15) is 4.31 Å². The standard InChI is InChI=1S/C32H28N6O4S2/c39-29-20-36(27-14-7-6-13-26(27)33-29)30(40)21-43-32-35-34-31(38(32)24-11-2-1-3-12-24)28-15-8-18-37(28)44(41,42)25-17-16-22-9-4-5-10-23(22)19-25/h1-7,9-14,16-17,19,28H,8,15,18,20-21H2,(H,33,39). The van der Waals surface area contributed by atoms with Crippen molar-refractivity contribution >= 4 is 55.7 Å². The highest BCUT2D eigenvalue weighted by Crippen LogP contribution is 2.39. The van der Waals surface area contributed by atoms with E-state index in [0.29, 0.717) is 41.7 Å². The summed E-state index contributed by atoms with van der Waals surface area (Å²) in [6, 6.07) is 29.0. The van der Waals surface area contributed by atoms with Gasteiger partial charge in [0, 0.05) is 12.2 Å². The highest BCUT2D eigenvalue weighted by atomic mass is 32.2. The van der Waals surface area contributed by atoms with Gasteiger partial charge in [0.1, 0.15) is 6.54 Å². The SMILES string of the molecule is O=C1CN(C(=O)CSc2nnc(C3CCCN3S(=O)(=O)c3ccc4ccccc4c3)n2-c2ccccc2)c2ccccc2N1. The van der Waals surface area contributed by atoms with Crippen LogP contribution in [0.3, 0.4) is 0 Å².